The zero-order valence-electron chi connectivity index (χ0n) is 18.5. The van der Waals surface area contributed by atoms with Crippen LogP contribution in [-0.4, -0.2) is 66.9 Å². The summed E-state index contributed by atoms with van der Waals surface area (Å²) < 4.78 is 5.82. The lowest BCUT2D eigenvalue weighted by molar-refractivity contribution is 0.0744. The predicted octanol–water partition coefficient (Wildman–Crippen LogP) is 3.59. The summed E-state index contributed by atoms with van der Waals surface area (Å²) in [6.07, 6.45) is 2.45. The van der Waals surface area contributed by atoms with E-state index in [9.17, 15) is 4.79 Å². The Bertz CT molecular complexity index is 1090. The minimum absolute atomic E-state index is 0.0281. The van der Waals surface area contributed by atoms with Crippen molar-refractivity contribution in [1.82, 2.24) is 15.1 Å². The number of hydrogen-bond acceptors (Lipinski definition) is 6. The first-order valence-electron chi connectivity index (χ1n) is 11.5. The lowest BCUT2D eigenvalue weighted by Crippen LogP contribution is -2.49. The van der Waals surface area contributed by atoms with E-state index in [-0.39, 0.29) is 5.91 Å². The van der Waals surface area contributed by atoms with Crippen molar-refractivity contribution in [3.8, 4) is 5.75 Å². The number of piperazine rings is 1. The number of anilines is 2. The van der Waals surface area contributed by atoms with Crippen LogP contribution in [0.15, 0.2) is 48.5 Å². The topological polar surface area (TPSA) is 61.8 Å². The first kappa shape index (κ1) is 20.5. The van der Waals surface area contributed by atoms with Crippen molar-refractivity contribution in [2.24, 2.45) is 0 Å². The molecule has 0 spiro atoms. The van der Waals surface area contributed by atoms with Gasteiger partial charge in [-0.3, -0.25) is 4.79 Å². The van der Waals surface area contributed by atoms with E-state index in [1.54, 1.807) is 0 Å². The van der Waals surface area contributed by atoms with E-state index in [1.165, 1.54) is 12.8 Å². The minimum atomic E-state index is 0.0281. The summed E-state index contributed by atoms with van der Waals surface area (Å²) >= 11 is 0. The van der Waals surface area contributed by atoms with Gasteiger partial charge in [0, 0.05) is 39.3 Å². The lowest BCUT2D eigenvalue weighted by Gasteiger charge is -2.35. The standard InChI is InChI=1S/C25H29N5O2/c1-2-32-21-10-9-19-7-3-4-8-20(19)24(21)25(31)30-17-15-29(16-18-30)23-12-11-22(26-27-23)28-13-5-6-14-28/h3-4,7-12H,2,5-6,13-18H2,1H3. The maximum Gasteiger partial charge on any atom is 0.258 e. The summed E-state index contributed by atoms with van der Waals surface area (Å²) in [7, 11) is 0. The van der Waals surface area contributed by atoms with Crippen LogP contribution in [0.5, 0.6) is 5.75 Å². The summed E-state index contributed by atoms with van der Waals surface area (Å²) in [4.78, 5) is 20.0. The summed E-state index contributed by atoms with van der Waals surface area (Å²) in [5.74, 6) is 2.52. The van der Waals surface area contributed by atoms with Crippen LogP contribution in [-0.2, 0) is 0 Å². The van der Waals surface area contributed by atoms with Gasteiger partial charge in [-0.15, -0.1) is 10.2 Å². The average molecular weight is 432 g/mol. The second kappa shape index (κ2) is 9.02. The van der Waals surface area contributed by atoms with Crippen molar-refractivity contribution in [3.05, 3.63) is 54.1 Å². The number of fused-ring (bicyclic) bond motifs is 1. The molecule has 0 N–H and O–H groups in total. The SMILES string of the molecule is CCOc1ccc2ccccc2c1C(=O)N1CCN(c2ccc(N3CCCC3)nn2)CC1. The van der Waals surface area contributed by atoms with Crippen LogP contribution in [0, 0.1) is 0 Å². The Kier molecular flexibility index (Phi) is 5.79. The van der Waals surface area contributed by atoms with Crippen molar-refractivity contribution in [1.29, 1.82) is 0 Å². The summed E-state index contributed by atoms with van der Waals surface area (Å²) in [5.41, 5.74) is 0.660. The van der Waals surface area contributed by atoms with Crippen molar-refractivity contribution in [3.63, 3.8) is 0 Å². The van der Waals surface area contributed by atoms with E-state index < -0.39 is 0 Å². The third kappa shape index (κ3) is 3.95. The predicted molar refractivity (Wildman–Crippen MR) is 127 cm³/mol. The fourth-order valence-electron chi connectivity index (χ4n) is 4.65. The highest BCUT2D eigenvalue weighted by molar-refractivity contribution is 6.09. The van der Waals surface area contributed by atoms with Gasteiger partial charge in [0.2, 0.25) is 0 Å². The molecular formula is C25H29N5O2. The maximum atomic E-state index is 13.5. The van der Waals surface area contributed by atoms with E-state index in [1.807, 2.05) is 48.2 Å². The third-order valence-electron chi connectivity index (χ3n) is 6.36. The van der Waals surface area contributed by atoms with E-state index in [0.717, 1.165) is 48.6 Å². The molecule has 1 aromatic heterocycles. The number of nitrogens with zero attached hydrogens (tertiary/aromatic N) is 5. The molecule has 1 amide bonds. The van der Waals surface area contributed by atoms with Crippen LogP contribution in [0.3, 0.4) is 0 Å². The van der Waals surface area contributed by atoms with Gasteiger partial charge >= 0.3 is 0 Å². The van der Waals surface area contributed by atoms with Crippen molar-refractivity contribution >= 4 is 28.3 Å². The number of rotatable bonds is 5. The van der Waals surface area contributed by atoms with Crippen LogP contribution in [0.25, 0.3) is 10.8 Å². The molecule has 0 unspecified atom stereocenters. The van der Waals surface area contributed by atoms with Crippen LogP contribution < -0.4 is 14.5 Å². The molecule has 3 aromatic rings. The third-order valence-corrected chi connectivity index (χ3v) is 6.36. The van der Waals surface area contributed by atoms with Crippen LogP contribution in [0.2, 0.25) is 0 Å². The molecule has 166 valence electrons. The Morgan fingerprint density at radius 2 is 1.50 bits per heavy atom. The molecule has 2 aromatic carbocycles. The highest BCUT2D eigenvalue weighted by Gasteiger charge is 2.27. The molecule has 0 saturated carbocycles. The molecule has 2 aliphatic rings. The molecule has 0 bridgehead atoms. The highest BCUT2D eigenvalue weighted by Crippen LogP contribution is 2.30. The van der Waals surface area contributed by atoms with Crippen LogP contribution in [0.4, 0.5) is 11.6 Å². The van der Waals surface area contributed by atoms with Gasteiger partial charge in [0.25, 0.3) is 5.91 Å². The minimum Gasteiger partial charge on any atom is -0.493 e. The molecule has 0 atom stereocenters. The lowest BCUT2D eigenvalue weighted by atomic mass is 10.0. The van der Waals surface area contributed by atoms with Gasteiger partial charge in [0.1, 0.15) is 5.75 Å². The van der Waals surface area contributed by atoms with Gasteiger partial charge in [-0.2, -0.15) is 0 Å². The molecule has 2 aliphatic heterocycles. The second-order valence-corrected chi connectivity index (χ2v) is 8.32. The Morgan fingerprint density at radius 3 is 2.16 bits per heavy atom. The quantitative estimate of drug-likeness (QED) is 0.615. The van der Waals surface area contributed by atoms with Crippen molar-refractivity contribution in [2.75, 3.05) is 55.7 Å². The largest absolute Gasteiger partial charge is 0.493 e. The Hall–Kier alpha value is -3.35. The summed E-state index contributed by atoms with van der Waals surface area (Å²) in [6, 6.07) is 16.0. The molecule has 3 heterocycles. The fraction of sp³-hybridized carbons (Fsp3) is 0.400. The molecular weight excluding hydrogens is 402 g/mol. The number of carbonyl (C=O) groups is 1. The first-order valence-corrected chi connectivity index (χ1v) is 11.5. The Balaban J connectivity index is 1.30. The molecule has 5 rings (SSSR count). The van der Waals surface area contributed by atoms with Crippen molar-refractivity contribution < 1.29 is 9.53 Å². The van der Waals surface area contributed by atoms with Gasteiger partial charge < -0.3 is 19.4 Å². The number of aromatic nitrogens is 2. The zero-order chi connectivity index (χ0) is 21.9. The Labute approximate surface area is 188 Å². The van der Waals surface area contributed by atoms with E-state index >= 15 is 0 Å². The average Bonchev–Trinajstić information content (AvgIpc) is 3.39. The van der Waals surface area contributed by atoms with Crippen molar-refractivity contribution in [2.45, 2.75) is 19.8 Å². The Morgan fingerprint density at radius 1 is 0.844 bits per heavy atom. The van der Waals surface area contributed by atoms with E-state index in [2.05, 4.69) is 32.1 Å². The number of ether oxygens (including phenoxy) is 1. The van der Waals surface area contributed by atoms with Gasteiger partial charge in [-0.25, -0.2) is 0 Å². The fourth-order valence-corrected chi connectivity index (χ4v) is 4.65. The molecule has 2 fully saturated rings. The zero-order valence-corrected chi connectivity index (χ0v) is 18.5. The normalized spacial score (nSPS) is 16.6. The monoisotopic (exact) mass is 431 g/mol. The molecule has 32 heavy (non-hydrogen) atoms. The van der Waals surface area contributed by atoms with Gasteiger partial charge in [-0.05, 0) is 48.7 Å². The molecule has 2 saturated heterocycles. The van der Waals surface area contributed by atoms with E-state index in [0.29, 0.717) is 31.0 Å². The van der Waals surface area contributed by atoms with Gasteiger partial charge in [-0.1, -0.05) is 30.3 Å². The molecule has 7 nitrogen and oxygen atoms in total. The smallest absolute Gasteiger partial charge is 0.258 e. The number of carbonyl (C=O) groups excluding carboxylic acids is 1. The molecule has 7 heteroatoms. The highest BCUT2D eigenvalue weighted by atomic mass is 16.5. The van der Waals surface area contributed by atoms with Crippen LogP contribution >= 0.6 is 0 Å². The number of hydrogen-bond donors (Lipinski definition) is 0. The summed E-state index contributed by atoms with van der Waals surface area (Å²) in [6.45, 7) is 7.35. The van der Waals surface area contributed by atoms with Gasteiger partial charge in [0.05, 0.1) is 12.2 Å². The van der Waals surface area contributed by atoms with E-state index in [4.69, 9.17) is 4.74 Å². The maximum absolute atomic E-state index is 13.5. The summed E-state index contributed by atoms with van der Waals surface area (Å²) in [5, 5.41) is 10.9. The number of benzene rings is 2. The molecule has 0 aliphatic carbocycles. The number of amides is 1. The van der Waals surface area contributed by atoms with Crippen LogP contribution in [0.1, 0.15) is 30.1 Å². The second-order valence-electron chi connectivity index (χ2n) is 8.32. The first-order chi connectivity index (χ1) is 15.7. The molecule has 0 radical (unpaired) electrons. The van der Waals surface area contributed by atoms with Gasteiger partial charge in [0.15, 0.2) is 11.6 Å².